The Morgan fingerprint density at radius 3 is 2.87 bits per heavy atom. The molecule has 1 aromatic rings. The standard InChI is InChI=1S/C16H25N3O3S/c1-2-10-23(21,22)18-14-7-5-6-13(11-14)16(20)19-9-4-3-8-15(19)12-17/h5-7,11,15,18H,2-4,8-10,12,17H2,1H3. The summed E-state index contributed by atoms with van der Waals surface area (Å²) in [5, 5.41) is 0. The Hall–Kier alpha value is -1.60. The van der Waals surface area contributed by atoms with Crippen molar-refractivity contribution in [1.82, 2.24) is 4.90 Å². The molecule has 23 heavy (non-hydrogen) atoms. The number of hydrogen-bond acceptors (Lipinski definition) is 4. The molecule has 1 atom stereocenters. The first-order valence-electron chi connectivity index (χ1n) is 8.08. The Labute approximate surface area is 138 Å². The predicted octanol–water partition coefficient (Wildman–Crippen LogP) is 1.79. The molecule has 0 radical (unpaired) electrons. The molecule has 1 aliphatic rings. The van der Waals surface area contributed by atoms with Crippen LogP contribution in [-0.2, 0) is 10.0 Å². The van der Waals surface area contributed by atoms with Crippen LogP contribution in [0.4, 0.5) is 5.69 Å². The molecule has 3 N–H and O–H groups in total. The van der Waals surface area contributed by atoms with E-state index in [9.17, 15) is 13.2 Å². The van der Waals surface area contributed by atoms with E-state index in [1.807, 2.05) is 11.8 Å². The Balaban J connectivity index is 2.17. The second-order valence-corrected chi connectivity index (χ2v) is 7.73. The molecule has 2 rings (SSSR count). The Bertz CT molecular complexity index is 646. The molecule has 0 spiro atoms. The van der Waals surface area contributed by atoms with Gasteiger partial charge in [-0.25, -0.2) is 8.42 Å². The van der Waals surface area contributed by atoms with Gasteiger partial charge in [-0.3, -0.25) is 9.52 Å². The zero-order valence-corrected chi connectivity index (χ0v) is 14.3. The van der Waals surface area contributed by atoms with E-state index in [-0.39, 0.29) is 17.7 Å². The summed E-state index contributed by atoms with van der Waals surface area (Å²) < 4.78 is 26.2. The molecule has 1 unspecified atom stereocenters. The Kier molecular flexibility index (Phi) is 6.01. The van der Waals surface area contributed by atoms with Gasteiger partial charge in [-0.15, -0.1) is 0 Å². The summed E-state index contributed by atoms with van der Waals surface area (Å²) in [7, 11) is -3.36. The minimum Gasteiger partial charge on any atom is -0.334 e. The summed E-state index contributed by atoms with van der Waals surface area (Å²) in [6, 6.07) is 6.72. The lowest BCUT2D eigenvalue weighted by molar-refractivity contribution is 0.0623. The number of piperidine rings is 1. The van der Waals surface area contributed by atoms with Gasteiger partial charge in [0.2, 0.25) is 10.0 Å². The highest BCUT2D eigenvalue weighted by atomic mass is 32.2. The van der Waals surface area contributed by atoms with E-state index in [1.165, 1.54) is 0 Å². The number of carbonyl (C=O) groups excluding carboxylic acids is 1. The van der Waals surface area contributed by atoms with Gasteiger partial charge < -0.3 is 10.6 Å². The summed E-state index contributed by atoms with van der Waals surface area (Å²) in [6.45, 7) is 2.96. The van der Waals surface area contributed by atoms with Crippen molar-refractivity contribution in [3.8, 4) is 0 Å². The van der Waals surface area contributed by atoms with E-state index in [4.69, 9.17) is 5.73 Å². The topological polar surface area (TPSA) is 92.5 Å². The highest BCUT2D eigenvalue weighted by Gasteiger charge is 2.26. The van der Waals surface area contributed by atoms with Gasteiger partial charge in [0.05, 0.1) is 5.75 Å². The minimum absolute atomic E-state index is 0.0621. The zero-order valence-electron chi connectivity index (χ0n) is 13.5. The monoisotopic (exact) mass is 339 g/mol. The highest BCUT2D eigenvalue weighted by molar-refractivity contribution is 7.92. The lowest BCUT2D eigenvalue weighted by Gasteiger charge is -2.35. The van der Waals surface area contributed by atoms with E-state index < -0.39 is 10.0 Å². The summed E-state index contributed by atoms with van der Waals surface area (Å²) in [5.74, 6) is -0.0243. The number of hydrogen-bond donors (Lipinski definition) is 2. The summed E-state index contributed by atoms with van der Waals surface area (Å²) in [5.41, 5.74) is 6.68. The van der Waals surface area contributed by atoms with Crippen molar-refractivity contribution >= 4 is 21.6 Å². The SMILES string of the molecule is CCCS(=O)(=O)Nc1cccc(C(=O)N2CCCCC2CN)c1. The fraction of sp³-hybridized carbons (Fsp3) is 0.562. The fourth-order valence-electron chi connectivity index (χ4n) is 2.89. The van der Waals surface area contributed by atoms with Gasteiger partial charge in [0.25, 0.3) is 5.91 Å². The second kappa shape index (κ2) is 7.79. The number of benzene rings is 1. The maximum atomic E-state index is 12.7. The summed E-state index contributed by atoms with van der Waals surface area (Å²) in [4.78, 5) is 14.5. The number of amides is 1. The minimum atomic E-state index is -3.36. The van der Waals surface area contributed by atoms with Crippen LogP contribution < -0.4 is 10.5 Å². The maximum absolute atomic E-state index is 12.7. The molecule has 0 aromatic heterocycles. The average Bonchev–Trinajstić information content (AvgIpc) is 2.53. The Morgan fingerprint density at radius 1 is 1.39 bits per heavy atom. The van der Waals surface area contributed by atoms with Crippen LogP contribution in [0.1, 0.15) is 43.0 Å². The normalized spacial score (nSPS) is 18.7. The van der Waals surface area contributed by atoms with E-state index in [2.05, 4.69) is 4.72 Å². The van der Waals surface area contributed by atoms with Gasteiger partial charge in [0, 0.05) is 30.4 Å². The quantitative estimate of drug-likeness (QED) is 0.826. The van der Waals surface area contributed by atoms with Crippen LogP contribution in [-0.4, -0.2) is 44.1 Å². The van der Waals surface area contributed by atoms with Crippen molar-refractivity contribution in [2.24, 2.45) is 5.73 Å². The third-order valence-corrected chi connectivity index (χ3v) is 5.51. The van der Waals surface area contributed by atoms with Crippen molar-refractivity contribution in [2.45, 2.75) is 38.6 Å². The molecule has 0 aliphatic carbocycles. The van der Waals surface area contributed by atoms with Crippen LogP contribution in [0, 0.1) is 0 Å². The maximum Gasteiger partial charge on any atom is 0.254 e. The second-order valence-electron chi connectivity index (χ2n) is 5.89. The van der Waals surface area contributed by atoms with E-state index in [0.29, 0.717) is 30.8 Å². The molecule has 7 heteroatoms. The van der Waals surface area contributed by atoms with Gasteiger partial charge in [-0.2, -0.15) is 0 Å². The fourth-order valence-corrected chi connectivity index (χ4v) is 4.02. The third kappa shape index (κ3) is 4.68. The molecule has 1 saturated heterocycles. The number of sulfonamides is 1. The number of nitrogens with one attached hydrogen (secondary N) is 1. The molecule has 0 saturated carbocycles. The molecule has 1 heterocycles. The number of carbonyl (C=O) groups is 1. The first-order chi connectivity index (χ1) is 11.0. The number of rotatable bonds is 6. The van der Waals surface area contributed by atoms with Crippen LogP contribution >= 0.6 is 0 Å². The van der Waals surface area contributed by atoms with Crippen molar-refractivity contribution < 1.29 is 13.2 Å². The molecule has 6 nitrogen and oxygen atoms in total. The van der Waals surface area contributed by atoms with Gasteiger partial charge in [0.1, 0.15) is 0 Å². The molecule has 1 aliphatic heterocycles. The van der Waals surface area contributed by atoms with Crippen LogP contribution in [0.25, 0.3) is 0 Å². The van der Waals surface area contributed by atoms with Crippen LogP contribution in [0.15, 0.2) is 24.3 Å². The van der Waals surface area contributed by atoms with Gasteiger partial charge in [-0.1, -0.05) is 13.0 Å². The van der Waals surface area contributed by atoms with E-state index in [1.54, 1.807) is 24.3 Å². The molecule has 1 aromatic carbocycles. The van der Waals surface area contributed by atoms with Crippen LogP contribution in [0.3, 0.4) is 0 Å². The predicted molar refractivity (Wildman–Crippen MR) is 91.9 cm³/mol. The molecule has 128 valence electrons. The van der Waals surface area contributed by atoms with Crippen LogP contribution in [0.5, 0.6) is 0 Å². The van der Waals surface area contributed by atoms with Crippen LogP contribution in [0.2, 0.25) is 0 Å². The zero-order chi connectivity index (χ0) is 16.9. The van der Waals surface area contributed by atoms with Gasteiger partial charge in [0.15, 0.2) is 0 Å². The largest absolute Gasteiger partial charge is 0.334 e. The molecular weight excluding hydrogens is 314 g/mol. The van der Waals surface area contributed by atoms with E-state index >= 15 is 0 Å². The molecule has 1 amide bonds. The van der Waals surface area contributed by atoms with Crippen molar-refractivity contribution in [1.29, 1.82) is 0 Å². The lowest BCUT2D eigenvalue weighted by Crippen LogP contribution is -2.47. The highest BCUT2D eigenvalue weighted by Crippen LogP contribution is 2.21. The Morgan fingerprint density at radius 2 is 2.17 bits per heavy atom. The average molecular weight is 339 g/mol. The van der Waals surface area contributed by atoms with Gasteiger partial charge >= 0.3 is 0 Å². The number of anilines is 1. The molecule has 0 bridgehead atoms. The molecule has 1 fully saturated rings. The smallest absolute Gasteiger partial charge is 0.254 e. The lowest BCUT2D eigenvalue weighted by atomic mass is 10.0. The van der Waals surface area contributed by atoms with Crippen molar-refractivity contribution in [3.63, 3.8) is 0 Å². The van der Waals surface area contributed by atoms with Crippen molar-refractivity contribution in [3.05, 3.63) is 29.8 Å². The molecular formula is C16H25N3O3S. The first-order valence-corrected chi connectivity index (χ1v) is 9.73. The third-order valence-electron chi connectivity index (χ3n) is 4.02. The summed E-state index contributed by atoms with van der Waals surface area (Å²) >= 11 is 0. The first kappa shape index (κ1) is 17.7. The van der Waals surface area contributed by atoms with Gasteiger partial charge in [-0.05, 0) is 43.9 Å². The summed E-state index contributed by atoms with van der Waals surface area (Å²) in [6.07, 6.45) is 3.53. The number of likely N-dealkylation sites (tertiary alicyclic amines) is 1. The number of nitrogens with two attached hydrogens (primary N) is 1. The van der Waals surface area contributed by atoms with Crippen molar-refractivity contribution in [2.75, 3.05) is 23.6 Å². The van der Waals surface area contributed by atoms with E-state index in [0.717, 1.165) is 19.3 Å². The number of nitrogens with zero attached hydrogens (tertiary/aromatic N) is 1.